The number of phenolic OH excluding ortho intramolecular Hbond substituents is 1. The van der Waals surface area contributed by atoms with E-state index in [9.17, 15) is 14.7 Å². The quantitative estimate of drug-likeness (QED) is 0.442. The first-order valence-electron chi connectivity index (χ1n) is 11.5. The minimum atomic E-state index is -1.24. The highest BCUT2D eigenvalue weighted by atomic mass is 35.5. The second kappa shape index (κ2) is 8.75. The van der Waals surface area contributed by atoms with Gasteiger partial charge in [0, 0.05) is 10.9 Å². The molecule has 2 N–H and O–H groups in total. The molecule has 2 aliphatic rings. The normalized spacial score (nSPS) is 23.6. The summed E-state index contributed by atoms with van der Waals surface area (Å²) >= 11 is 6.64. The first kappa shape index (κ1) is 22.9. The fourth-order valence-corrected chi connectivity index (χ4v) is 5.76. The molecule has 176 valence electrons. The van der Waals surface area contributed by atoms with Gasteiger partial charge in [-0.15, -0.1) is 0 Å². The molecule has 0 aromatic heterocycles. The summed E-state index contributed by atoms with van der Waals surface area (Å²) in [6.07, 6.45) is 4.08. The highest BCUT2D eigenvalue weighted by molar-refractivity contribution is 6.31. The minimum Gasteiger partial charge on any atom is -0.508 e. The van der Waals surface area contributed by atoms with Gasteiger partial charge >= 0.3 is 0 Å². The number of amides is 2. The van der Waals surface area contributed by atoms with E-state index in [-0.39, 0.29) is 17.6 Å². The van der Waals surface area contributed by atoms with Crippen LogP contribution in [0.3, 0.4) is 0 Å². The van der Waals surface area contributed by atoms with Crippen LogP contribution < -0.4 is 5.43 Å². The first-order chi connectivity index (χ1) is 16.9. The molecule has 3 atom stereocenters. The van der Waals surface area contributed by atoms with Crippen molar-refractivity contribution in [3.63, 3.8) is 0 Å². The molecular formula is C29H25ClN2O3. The third-order valence-corrected chi connectivity index (χ3v) is 7.41. The number of aromatic hydroxyl groups is 1. The Labute approximate surface area is 209 Å². The summed E-state index contributed by atoms with van der Waals surface area (Å²) in [5.41, 5.74) is 5.75. The van der Waals surface area contributed by atoms with E-state index in [0.29, 0.717) is 22.7 Å². The zero-order valence-electron chi connectivity index (χ0n) is 19.2. The number of nitrogens with zero attached hydrogens (tertiary/aromatic N) is 1. The number of halogens is 1. The number of hydrogen-bond acceptors (Lipinski definition) is 4. The van der Waals surface area contributed by atoms with Crippen molar-refractivity contribution < 1.29 is 14.7 Å². The van der Waals surface area contributed by atoms with E-state index in [1.54, 1.807) is 18.2 Å². The number of phenols is 1. The fraction of sp³-hybridized carbons (Fsp3) is 0.172. The molecule has 0 spiro atoms. The van der Waals surface area contributed by atoms with Gasteiger partial charge in [-0.2, -0.15) is 5.01 Å². The van der Waals surface area contributed by atoms with E-state index in [1.165, 1.54) is 6.07 Å². The molecule has 1 heterocycles. The summed E-state index contributed by atoms with van der Waals surface area (Å²) in [5.74, 6) is -1.83. The van der Waals surface area contributed by atoms with Crippen molar-refractivity contribution in [2.24, 2.45) is 5.92 Å². The maximum Gasteiger partial charge on any atom is 0.260 e. The highest BCUT2D eigenvalue weighted by Crippen LogP contribution is 2.58. The molecule has 2 amide bonds. The minimum absolute atomic E-state index is 0.0282. The second-order valence-electron chi connectivity index (χ2n) is 9.03. The van der Waals surface area contributed by atoms with Gasteiger partial charge < -0.3 is 5.11 Å². The number of carbonyl (C=O) groups is 2. The van der Waals surface area contributed by atoms with Crippen molar-refractivity contribution in [2.45, 2.75) is 24.7 Å². The van der Waals surface area contributed by atoms with E-state index < -0.39 is 17.3 Å². The summed E-state index contributed by atoms with van der Waals surface area (Å²) < 4.78 is 0. The summed E-state index contributed by atoms with van der Waals surface area (Å²) in [4.78, 5) is 28.3. The Bertz CT molecular complexity index is 1350. The molecule has 5 rings (SSSR count). The second-order valence-corrected chi connectivity index (χ2v) is 9.43. The van der Waals surface area contributed by atoms with Crippen LogP contribution in [0.4, 0.5) is 5.69 Å². The molecule has 3 aromatic rings. The maximum atomic E-state index is 14.5. The molecule has 5 nitrogen and oxygen atoms in total. The lowest BCUT2D eigenvalue weighted by Gasteiger charge is -2.43. The Balaban J connectivity index is 1.73. The van der Waals surface area contributed by atoms with Crippen LogP contribution in [-0.2, 0) is 15.0 Å². The van der Waals surface area contributed by atoms with Crippen molar-refractivity contribution in [3.8, 4) is 5.75 Å². The molecule has 1 aliphatic heterocycles. The maximum absolute atomic E-state index is 14.5. The molecule has 0 saturated carbocycles. The number of allylic oxidation sites excluding steroid dienone is 3. The summed E-state index contributed by atoms with van der Waals surface area (Å²) in [6.45, 7) is 5.97. The van der Waals surface area contributed by atoms with Gasteiger partial charge in [-0.05, 0) is 54.3 Å². The smallest absolute Gasteiger partial charge is 0.260 e. The van der Waals surface area contributed by atoms with Crippen molar-refractivity contribution in [3.05, 3.63) is 119 Å². The lowest BCUT2D eigenvalue weighted by Crippen LogP contribution is -2.48. The monoisotopic (exact) mass is 484 g/mol. The molecule has 1 saturated heterocycles. The number of benzene rings is 3. The Kier molecular flexibility index (Phi) is 5.73. The molecule has 35 heavy (non-hydrogen) atoms. The zero-order chi connectivity index (χ0) is 24.7. The largest absolute Gasteiger partial charge is 0.508 e. The van der Waals surface area contributed by atoms with Crippen LogP contribution in [-0.4, -0.2) is 21.9 Å². The highest BCUT2D eigenvalue weighted by Gasteiger charge is 2.66. The van der Waals surface area contributed by atoms with Gasteiger partial charge in [-0.25, -0.2) is 0 Å². The lowest BCUT2D eigenvalue weighted by molar-refractivity contribution is -0.138. The summed E-state index contributed by atoms with van der Waals surface area (Å²) in [7, 11) is 0. The number of fused-ring (bicyclic) bond motifs is 1. The number of imide groups is 1. The number of hydrazine groups is 1. The van der Waals surface area contributed by atoms with Crippen molar-refractivity contribution >= 4 is 29.1 Å². The molecule has 0 radical (unpaired) electrons. The van der Waals surface area contributed by atoms with Gasteiger partial charge in [0.05, 0.1) is 17.0 Å². The van der Waals surface area contributed by atoms with Gasteiger partial charge in [-0.3, -0.25) is 15.0 Å². The van der Waals surface area contributed by atoms with Crippen molar-refractivity contribution in [1.29, 1.82) is 0 Å². The zero-order valence-corrected chi connectivity index (χ0v) is 20.0. The van der Waals surface area contributed by atoms with E-state index in [1.807, 2.05) is 67.6 Å². The van der Waals surface area contributed by atoms with Crippen LogP contribution in [0.5, 0.6) is 5.75 Å². The third kappa shape index (κ3) is 3.55. The van der Waals surface area contributed by atoms with Gasteiger partial charge in [0.1, 0.15) is 5.75 Å². The first-order valence-corrected chi connectivity index (χ1v) is 11.8. The fourth-order valence-electron chi connectivity index (χ4n) is 5.48. The Morgan fingerprint density at radius 1 is 1.09 bits per heavy atom. The van der Waals surface area contributed by atoms with Gasteiger partial charge in [0.25, 0.3) is 11.8 Å². The topological polar surface area (TPSA) is 69.6 Å². The van der Waals surface area contributed by atoms with E-state index >= 15 is 0 Å². The number of rotatable bonds is 5. The summed E-state index contributed by atoms with van der Waals surface area (Å²) in [5, 5.41) is 11.5. The lowest BCUT2D eigenvalue weighted by atomic mass is 9.56. The number of carbonyl (C=O) groups excluding carboxylic acids is 2. The number of hydrogen-bond donors (Lipinski definition) is 2. The van der Waals surface area contributed by atoms with Crippen molar-refractivity contribution in [1.82, 2.24) is 5.01 Å². The number of aryl methyl sites for hydroxylation is 1. The Morgan fingerprint density at radius 3 is 2.46 bits per heavy atom. The molecule has 3 aromatic carbocycles. The van der Waals surface area contributed by atoms with Crippen molar-refractivity contribution in [2.75, 3.05) is 5.43 Å². The molecular weight excluding hydrogens is 460 g/mol. The number of anilines is 1. The van der Waals surface area contributed by atoms with Gasteiger partial charge in [0.15, 0.2) is 0 Å². The molecule has 3 unspecified atom stereocenters. The standard InChI is InChI=1S/C29H25ClN2O3/c1-3-19-11-16-24-27(34)32(31-21-12-9-18(2)10-13-21)28(35)29(24,20-7-5-4-6-8-20)26(19)23-15-14-22(33)17-25(23)30/h3-15,17,24,26,31,33H,1,16H2,2H3. The van der Waals surface area contributed by atoms with Gasteiger partial charge in [-0.1, -0.05) is 84.4 Å². The van der Waals surface area contributed by atoms with Crippen LogP contribution in [0, 0.1) is 12.8 Å². The van der Waals surface area contributed by atoms with Crippen LogP contribution in [0.1, 0.15) is 29.0 Å². The average Bonchev–Trinajstić information content (AvgIpc) is 3.08. The van der Waals surface area contributed by atoms with E-state index in [4.69, 9.17) is 11.6 Å². The molecule has 1 fully saturated rings. The third-order valence-electron chi connectivity index (χ3n) is 7.08. The average molecular weight is 485 g/mol. The van der Waals surface area contributed by atoms with Crippen LogP contribution in [0.2, 0.25) is 5.02 Å². The summed E-state index contributed by atoms with van der Waals surface area (Å²) in [6, 6.07) is 21.7. The van der Waals surface area contributed by atoms with E-state index in [0.717, 1.165) is 21.7 Å². The van der Waals surface area contributed by atoms with Crippen LogP contribution in [0.25, 0.3) is 0 Å². The van der Waals surface area contributed by atoms with Gasteiger partial charge in [0.2, 0.25) is 0 Å². The van der Waals surface area contributed by atoms with Crippen LogP contribution >= 0.6 is 11.6 Å². The number of nitrogens with one attached hydrogen (secondary N) is 1. The predicted molar refractivity (Wildman–Crippen MR) is 137 cm³/mol. The molecule has 6 heteroatoms. The predicted octanol–water partition coefficient (Wildman–Crippen LogP) is 5.90. The van der Waals surface area contributed by atoms with Crippen LogP contribution in [0.15, 0.2) is 97.1 Å². The molecule has 0 bridgehead atoms. The van der Waals surface area contributed by atoms with E-state index in [2.05, 4.69) is 12.0 Å². The molecule has 1 aliphatic carbocycles. The Hall–Kier alpha value is -3.83. The Morgan fingerprint density at radius 2 is 1.80 bits per heavy atom. The SMILES string of the molecule is C=CC1=CCC2C(=O)N(Nc3ccc(C)cc3)C(=O)C2(c2ccccc2)C1c1ccc(O)cc1Cl.